The van der Waals surface area contributed by atoms with Crippen molar-refractivity contribution in [2.75, 3.05) is 20.3 Å². The van der Waals surface area contributed by atoms with Gasteiger partial charge in [0, 0.05) is 19.2 Å². The molecule has 4 nitrogen and oxygen atoms in total. The molecule has 0 aliphatic rings. The Morgan fingerprint density at radius 2 is 2.13 bits per heavy atom. The van der Waals surface area contributed by atoms with Crippen LogP contribution in [0.15, 0.2) is 0 Å². The van der Waals surface area contributed by atoms with E-state index in [4.69, 9.17) is 5.11 Å². The van der Waals surface area contributed by atoms with E-state index in [1.165, 1.54) is 7.11 Å². The van der Waals surface area contributed by atoms with Crippen molar-refractivity contribution in [2.45, 2.75) is 39.7 Å². The smallest absolute Gasteiger partial charge is 0.307 e. The van der Waals surface area contributed by atoms with E-state index in [1.54, 1.807) is 0 Å². The van der Waals surface area contributed by atoms with Gasteiger partial charge in [-0.25, -0.2) is 0 Å². The Labute approximate surface area is 92.0 Å². The lowest BCUT2D eigenvalue weighted by Crippen LogP contribution is -2.37. The van der Waals surface area contributed by atoms with Crippen molar-refractivity contribution in [1.82, 2.24) is 5.32 Å². The molecule has 0 bridgehead atoms. The van der Waals surface area contributed by atoms with Crippen LogP contribution in [0.2, 0.25) is 0 Å². The van der Waals surface area contributed by atoms with Crippen molar-refractivity contribution in [2.24, 2.45) is 5.41 Å². The predicted molar refractivity (Wildman–Crippen MR) is 59.6 cm³/mol. The van der Waals surface area contributed by atoms with Crippen LogP contribution in [0.1, 0.15) is 33.6 Å². The fourth-order valence-corrected chi connectivity index (χ4v) is 1.25. The first-order chi connectivity index (χ1) is 6.91. The van der Waals surface area contributed by atoms with Crippen molar-refractivity contribution in [3.63, 3.8) is 0 Å². The quantitative estimate of drug-likeness (QED) is 0.623. The van der Waals surface area contributed by atoms with Gasteiger partial charge in [0.15, 0.2) is 0 Å². The second-order valence-electron chi connectivity index (χ2n) is 4.70. The number of hydrogen-bond donors (Lipinski definition) is 2. The third-order valence-electron chi connectivity index (χ3n) is 2.42. The molecule has 4 heteroatoms. The number of aliphatic hydroxyl groups is 1. The van der Waals surface area contributed by atoms with E-state index in [9.17, 15) is 4.79 Å². The predicted octanol–water partition coefficient (Wildman–Crippen LogP) is 0.936. The Kier molecular flexibility index (Phi) is 6.52. The molecule has 0 aliphatic heterocycles. The normalized spacial score (nSPS) is 13.7. The summed E-state index contributed by atoms with van der Waals surface area (Å²) >= 11 is 0. The fourth-order valence-electron chi connectivity index (χ4n) is 1.25. The van der Waals surface area contributed by atoms with Crippen molar-refractivity contribution >= 4 is 5.97 Å². The Balaban J connectivity index is 3.79. The number of rotatable bonds is 7. The Bertz CT molecular complexity index is 192. The van der Waals surface area contributed by atoms with Gasteiger partial charge in [-0.05, 0) is 18.8 Å². The van der Waals surface area contributed by atoms with Gasteiger partial charge in [-0.3, -0.25) is 4.79 Å². The molecule has 90 valence electrons. The molecule has 0 aromatic heterocycles. The van der Waals surface area contributed by atoms with Crippen molar-refractivity contribution in [1.29, 1.82) is 0 Å². The number of carbonyl (C=O) groups is 1. The molecular weight excluding hydrogens is 194 g/mol. The molecule has 0 fully saturated rings. The Morgan fingerprint density at radius 3 is 2.60 bits per heavy atom. The van der Waals surface area contributed by atoms with Gasteiger partial charge in [-0.1, -0.05) is 13.8 Å². The average molecular weight is 217 g/mol. The van der Waals surface area contributed by atoms with Crippen LogP contribution >= 0.6 is 0 Å². The molecular formula is C11H23NO3. The molecule has 15 heavy (non-hydrogen) atoms. The standard InChI is InChI=1S/C11H23NO3/c1-9(7-10(14)15-4)12-8-11(2,3)5-6-13/h9,12-13H,5-8H2,1-4H3. The van der Waals surface area contributed by atoms with Gasteiger partial charge in [0.2, 0.25) is 0 Å². The van der Waals surface area contributed by atoms with Crippen LogP contribution in [0.4, 0.5) is 0 Å². The first-order valence-electron chi connectivity index (χ1n) is 5.32. The van der Waals surface area contributed by atoms with Crippen LogP contribution in [0.5, 0.6) is 0 Å². The summed E-state index contributed by atoms with van der Waals surface area (Å²) in [5, 5.41) is 12.1. The van der Waals surface area contributed by atoms with Gasteiger partial charge in [-0.2, -0.15) is 0 Å². The summed E-state index contributed by atoms with van der Waals surface area (Å²) in [5.41, 5.74) is 0.0547. The number of ether oxygens (including phenoxy) is 1. The zero-order chi connectivity index (χ0) is 11.9. The first kappa shape index (κ1) is 14.4. The highest BCUT2D eigenvalue weighted by atomic mass is 16.5. The molecule has 0 aromatic rings. The van der Waals surface area contributed by atoms with Crippen molar-refractivity contribution < 1.29 is 14.6 Å². The maximum Gasteiger partial charge on any atom is 0.307 e. The van der Waals surface area contributed by atoms with Crippen LogP contribution < -0.4 is 5.32 Å². The maximum atomic E-state index is 11.0. The number of methoxy groups -OCH3 is 1. The van der Waals surface area contributed by atoms with Gasteiger partial charge in [-0.15, -0.1) is 0 Å². The third kappa shape index (κ3) is 7.33. The molecule has 0 rings (SSSR count). The van der Waals surface area contributed by atoms with E-state index < -0.39 is 0 Å². The van der Waals surface area contributed by atoms with Crippen LogP contribution in [-0.2, 0) is 9.53 Å². The van der Waals surface area contributed by atoms with Gasteiger partial charge < -0.3 is 15.2 Å². The number of aliphatic hydroxyl groups excluding tert-OH is 1. The third-order valence-corrected chi connectivity index (χ3v) is 2.42. The molecule has 2 N–H and O–H groups in total. The molecule has 0 saturated carbocycles. The summed E-state index contributed by atoms with van der Waals surface area (Å²) in [6.45, 7) is 7.10. The summed E-state index contributed by atoms with van der Waals surface area (Å²) in [4.78, 5) is 11.0. The minimum absolute atomic E-state index is 0.0547. The minimum Gasteiger partial charge on any atom is -0.469 e. The average Bonchev–Trinajstić information content (AvgIpc) is 2.15. The topological polar surface area (TPSA) is 58.6 Å². The number of hydrogen-bond acceptors (Lipinski definition) is 4. The summed E-state index contributed by atoms with van der Waals surface area (Å²) in [6.07, 6.45) is 1.14. The molecule has 0 aliphatic carbocycles. The number of carbonyl (C=O) groups excluding carboxylic acids is 1. The zero-order valence-electron chi connectivity index (χ0n) is 10.2. The highest BCUT2D eigenvalue weighted by molar-refractivity contribution is 5.69. The maximum absolute atomic E-state index is 11.0. The van der Waals surface area contributed by atoms with E-state index in [-0.39, 0.29) is 24.0 Å². The van der Waals surface area contributed by atoms with E-state index in [2.05, 4.69) is 23.9 Å². The zero-order valence-corrected chi connectivity index (χ0v) is 10.2. The van der Waals surface area contributed by atoms with Crippen LogP contribution in [0, 0.1) is 5.41 Å². The van der Waals surface area contributed by atoms with E-state index in [0.717, 1.165) is 13.0 Å². The molecule has 0 spiro atoms. The molecule has 1 unspecified atom stereocenters. The fraction of sp³-hybridized carbons (Fsp3) is 0.909. The second-order valence-corrected chi connectivity index (χ2v) is 4.70. The van der Waals surface area contributed by atoms with Crippen LogP contribution in [0.25, 0.3) is 0 Å². The van der Waals surface area contributed by atoms with Gasteiger partial charge in [0.1, 0.15) is 0 Å². The Hall–Kier alpha value is -0.610. The highest BCUT2D eigenvalue weighted by Gasteiger charge is 2.18. The summed E-state index contributed by atoms with van der Waals surface area (Å²) in [7, 11) is 1.39. The second kappa shape index (κ2) is 6.80. The van der Waals surface area contributed by atoms with Crippen molar-refractivity contribution in [3.8, 4) is 0 Å². The molecule has 0 aromatic carbocycles. The van der Waals surface area contributed by atoms with Crippen LogP contribution in [-0.4, -0.2) is 37.4 Å². The summed E-state index contributed by atoms with van der Waals surface area (Å²) < 4.78 is 4.58. The lowest BCUT2D eigenvalue weighted by atomic mass is 9.89. The largest absolute Gasteiger partial charge is 0.469 e. The van der Waals surface area contributed by atoms with E-state index in [1.807, 2.05) is 6.92 Å². The molecule has 0 saturated heterocycles. The molecule has 0 radical (unpaired) electrons. The molecule has 0 amide bonds. The van der Waals surface area contributed by atoms with Gasteiger partial charge in [0.25, 0.3) is 0 Å². The lowest BCUT2D eigenvalue weighted by Gasteiger charge is -2.26. The number of esters is 1. The van der Waals surface area contributed by atoms with Crippen molar-refractivity contribution in [3.05, 3.63) is 0 Å². The number of nitrogens with one attached hydrogen (secondary N) is 1. The molecule has 1 atom stereocenters. The summed E-state index contributed by atoms with van der Waals surface area (Å²) in [5.74, 6) is -0.199. The molecule has 0 heterocycles. The van der Waals surface area contributed by atoms with Crippen LogP contribution in [0.3, 0.4) is 0 Å². The first-order valence-corrected chi connectivity index (χ1v) is 5.32. The summed E-state index contributed by atoms with van der Waals surface area (Å²) in [6, 6.07) is 0.107. The SMILES string of the molecule is COC(=O)CC(C)NCC(C)(C)CCO. The van der Waals surface area contributed by atoms with E-state index in [0.29, 0.717) is 6.42 Å². The lowest BCUT2D eigenvalue weighted by molar-refractivity contribution is -0.141. The van der Waals surface area contributed by atoms with Gasteiger partial charge >= 0.3 is 5.97 Å². The Morgan fingerprint density at radius 1 is 1.53 bits per heavy atom. The van der Waals surface area contributed by atoms with Gasteiger partial charge in [0.05, 0.1) is 13.5 Å². The highest BCUT2D eigenvalue weighted by Crippen LogP contribution is 2.18. The van der Waals surface area contributed by atoms with E-state index >= 15 is 0 Å². The minimum atomic E-state index is -0.199. The monoisotopic (exact) mass is 217 g/mol.